The standard InChI is InChI=1S/C15H15N3OS/c16-15(17)18-13-8-6-12(7-9-13)14(19)20-10-11-4-2-1-3-5-11/h1-9H,10H2,(H4,16,17,18). The minimum atomic E-state index is 0.00234. The van der Waals surface area contributed by atoms with Crippen LogP contribution in [0.25, 0.3) is 0 Å². The second-order valence-electron chi connectivity index (χ2n) is 4.15. The molecule has 2 aromatic carbocycles. The van der Waals surface area contributed by atoms with E-state index in [0.717, 1.165) is 5.56 Å². The van der Waals surface area contributed by atoms with Crippen molar-refractivity contribution >= 4 is 28.5 Å². The van der Waals surface area contributed by atoms with Crippen molar-refractivity contribution in [2.24, 2.45) is 16.5 Å². The molecule has 2 aromatic rings. The fourth-order valence-corrected chi connectivity index (χ4v) is 2.42. The van der Waals surface area contributed by atoms with Gasteiger partial charge in [-0.2, -0.15) is 0 Å². The summed E-state index contributed by atoms with van der Waals surface area (Å²) in [5, 5.41) is 0.0325. The average Bonchev–Trinajstić information content (AvgIpc) is 2.46. The number of guanidine groups is 1. The molecule has 2 rings (SSSR count). The molecule has 0 aliphatic carbocycles. The molecule has 0 bridgehead atoms. The van der Waals surface area contributed by atoms with Gasteiger partial charge in [0.1, 0.15) is 0 Å². The predicted octanol–water partition coefficient (Wildman–Crippen LogP) is 2.67. The monoisotopic (exact) mass is 285 g/mol. The number of nitrogens with two attached hydrogens (primary N) is 2. The number of rotatable bonds is 4. The van der Waals surface area contributed by atoms with Crippen LogP contribution in [0.15, 0.2) is 59.6 Å². The van der Waals surface area contributed by atoms with Crippen LogP contribution in [0.2, 0.25) is 0 Å². The summed E-state index contributed by atoms with van der Waals surface area (Å²) >= 11 is 1.28. The number of nitrogens with zero attached hydrogens (tertiary/aromatic N) is 1. The summed E-state index contributed by atoms with van der Waals surface area (Å²) < 4.78 is 0. The second-order valence-corrected chi connectivity index (χ2v) is 5.09. The van der Waals surface area contributed by atoms with Crippen LogP contribution < -0.4 is 11.5 Å². The van der Waals surface area contributed by atoms with Gasteiger partial charge in [0, 0.05) is 11.3 Å². The third kappa shape index (κ3) is 4.13. The van der Waals surface area contributed by atoms with Gasteiger partial charge in [-0.3, -0.25) is 4.79 Å². The summed E-state index contributed by atoms with van der Waals surface area (Å²) in [4.78, 5) is 15.9. The first-order valence-electron chi connectivity index (χ1n) is 6.06. The van der Waals surface area contributed by atoms with Crippen molar-refractivity contribution in [2.75, 3.05) is 0 Å². The Bertz CT molecular complexity index is 605. The minimum absolute atomic E-state index is 0.00234. The first-order chi connectivity index (χ1) is 9.65. The van der Waals surface area contributed by atoms with Crippen LogP contribution in [0.3, 0.4) is 0 Å². The highest BCUT2D eigenvalue weighted by Crippen LogP contribution is 2.20. The van der Waals surface area contributed by atoms with Crippen LogP contribution in [-0.4, -0.2) is 11.1 Å². The van der Waals surface area contributed by atoms with Gasteiger partial charge in [0.05, 0.1) is 5.69 Å². The number of carbonyl (C=O) groups is 1. The summed E-state index contributed by atoms with van der Waals surface area (Å²) in [6.45, 7) is 0. The molecule has 0 spiro atoms. The lowest BCUT2D eigenvalue weighted by atomic mass is 10.2. The molecule has 102 valence electrons. The minimum Gasteiger partial charge on any atom is -0.370 e. The maximum absolute atomic E-state index is 12.0. The van der Waals surface area contributed by atoms with E-state index in [1.165, 1.54) is 11.8 Å². The molecular formula is C15H15N3OS. The van der Waals surface area contributed by atoms with Crippen molar-refractivity contribution in [3.63, 3.8) is 0 Å². The lowest BCUT2D eigenvalue weighted by Gasteiger charge is -2.02. The molecule has 0 amide bonds. The Balaban J connectivity index is 1.97. The Morgan fingerprint density at radius 3 is 2.25 bits per heavy atom. The smallest absolute Gasteiger partial charge is 0.219 e. The largest absolute Gasteiger partial charge is 0.370 e. The number of hydrogen-bond donors (Lipinski definition) is 2. The van der Waals surface area contributed by atoms with E-state index in [4.69, 9.17) is 11.5 Å². The molecule has 5 heteroatoms. The van der Waals surface area contributed by atoms with Crippen LogP contribution in [-0.2, 0) is 5.75 Å². The van der Waals surface area contributed by atoms with Crippen molar-refractivity contribution in [1.82, 2.24) is 0 Å². The quantitative estimate of drug-likeness (QED) is 0.668. The van der Waals surface area contributed by atoms with E-state index >= 15 is 0 Å². The average molecular weight is 285 g/mol. The van der Waals surface area contributed by atoms with Crippen molar-refractivity contribution in [2.45, 2.75) is 5.75 Å². The molecule has 0 fully saturated rings. The number of aliphatic imine (C=N–C) groups is 1. The molecule has 0 unspecified atom stereocenters. The van der Waals surface area contributed by atoms with Gasteiger partial charge in [0.15, 0.2) is 5.96 Å². The molecule has 0 aliphatic heterocycles. The predicted molar refractivity (Wildman–Crippen MR) is 84.0 cm³/mol. The Kier molecular flexibility index (Phi) is 4.79. The number of carbonyl (C=O) groups excluding carboxylic acids is 1. The fourth-order valence-electron chi connectivity index (χ4n) is 1.63. The summed E-state index contributed by atoms with van der Waals surface area (Å²) in [5.74, 6) is 0.664. The molecule has 0 saturated heterocycles. The normalized spacial score (nSPS) is 10.0. The molecule has 0 saturated carbocycles. The van der Waals surface area contributed by atoms with Gasteiger partial charge in [-0.25, -0.2) is 4.99 Å². The van der Waals surface area contributed by atoms with Gasteiger partial charge < -0.3 is 11.5 Å². The Morgan fingerprint density at radius 2 is 1.65 bits per heavy atom. The topological polar surface area (TPSA) is 81.5 Å². The molecule has 4 nitrogen and oxygen atoms in total. The molecule has 0 heterocycles. The summed E-state index contributed by atoms with van der Waals surface area (Å²) in [6.07, 6.45) is 0. The zero-order valence-electron chi connectivity index (χ0n) is 10.8. The molecule has 0 atom stereocenters. The summed E-state index contributed by atoms with van der Waals surface area (Å²) in [7, 11) is 0. The van der Waals surface area contributed by atoms with Gasteiger partial charge in [-0.15, -0.1) is 0 Å². The van der Waals surface area contributed by atoms with E-state index < -0.39 is 0 Å². The van der Waals surface area contributed by atoms with Gasteiger partial charge in [-0.05, 0) is 29.8 Å². The Hall–Kier alpha value is -2.27. The maximum Gasteiger partial charge on any atom is 0.219 e. The van der Waals surface area contributed by atoms with Crippen LogP contribution in [0, 0.1) is 0 Å². The highest BCUT2D eigenvalue weighted by atomic mass is 32.2. The van der Waals surface area contributed by atoms with E-state index in [2.05, 4.69) is 4.99 Å². The highest BCUT2D eigenvalue weighted by Gasteiger charge is 2.06. The number of hydrogen-bond acceptors (Lipinski definition) is 3. The zero-order chi connectivity index (χ0) is 14.4. The van der Waals surface area contributed by atoms with Crippen molar-refractivity contribution in [1.29, 1.82) is 0 Å². The van der Waals surface area contributed by atoms with Gasteiger partial charge >= 0.3 is 0 Å². The maximum atomic E-state index is 12.0. The van der Waals surface area contributed by atoms with Crippen molar-refractivity contribution < 1.29 is 4.79 Å². The third-order valence-electron chi connectivity index (χ3n) is 2.57. The van der Waals surface area contributed by atoms with Crippen LogP contribution in [0.4, 0.5) is 5.69 Å². The molecule has 4 N–H and O–H groups in total. The van der Waals surface area contributed by atoms with Crippen LogP contribution in [0.1, 0.15) is 15.9 Å². The van der Waals surface area contributed by atoms with Crippen LogP contribution in [0.5, 0.6) is 0 Å². The highest BCUT2D eigenvalue weighted by molar-refractivity contribution is 8.13. The zero-order valence-corrected chi connectivity index (χ0v) is 11.6. The van der Waals surface area contributed by atoms with Gasteiger partial charge in [-0.1, -0.05) is 42.1 Å². The SMILES string of the molecule is NC(N)=Nc1ccc(C(=O)SCc2ccccc2)cc1. The third-order valence-corrected chi connectivity index (χ3v) is 3.55. The van der Waals surface area contributed by atoms with Crippen molar-refractivity contribution in [3.05, 3.63) is 65.7 Å². The first kappa shape index (κ1) is 14.1. The Morgan fingerprint density at radius 1 is 1.00 bits per heavy atom. The lowest BCUT2D eigenvalue weighted by molar-refractivity contribution is 0.108. The number of thioether (sulfide) groups is 1. The molecule has 0 radical (unpaired) electrons. The summed E-state index contributed by atoms with van der Waals surface area (Å²) in [6, 6.07) is 16.8. The van der Waals surface area contributed by atoms with Crippen molar-refractivity contribution in [3.8, 4) is 0 Å². The lowest BCUT2D eigenvalue weighted by Crippen LogP contribution is -2.21. The second kappa shape index (κ2) is 6.77. The van der Waals surface area contributed by atoms with E-state index in [1.807, 2.05) is 30.3 Å². The molecule has 0 aromatic heterocycles. The molecule has 0 aliphatic rings. The Labute approximate surface area is 121 Å². The van der Waals surface area contributed by atoms with E-state index in [-0.39, 0.29) is 11.1 Å². The van der Waals surface area contributed by atoms with Crippen LogP contribution >= 0.6 is 11.8 Å². The van der Waals surface area contributed by atoms with Gasteiger partial charge in [0.25, 0.3) is 0 Å². The molecular weight excluding hydrogens is 270 g/mol. The number of benzene rings is 2. The van der Waals surface area contributed by atoms with E-state index in [0.29, 0.717) is 17.0 Å². The van der Waals surface area contributed by atoms with E-state index in [9.17, 15) is 4.79 Å². The molecule has 20 heavy (non-hydrogen) atoms. The summed E-state index contributed by atoms with van der Waals surface area (Å²) in [5.41, 5.74) is 13.0. The van der Waals surface area contributed by atoms with Gasteiger partial charge in [0.2, 0.25) is 5.12 Å². The van der Waals surface area contributed by atoms with E-state index in [1.54, 1.807) is 24.3 Å². The fraction of sp³-hybridized carbons (Fsp3) is 0.0667. The first-order valence-corrected chi connectivity index (χ1v) is 7.04.